The van der Waals surface area contributed by atoms with Crippen LogP contribution in [0.25, 0.3) is 11.1 Å². The lowest BCUT2D eigenvalue weighted by Gasteiger charge is -2.16. The second-order valence-electron chi connectivity index (χ2n) is 7.29. The molecule has 1 aromatic heterocycles. The van der Waals surface area contributed by atoms with Crippen molar-refractivity contribution in [2.45, 2.75) is 25.6 Å². The number of hydrogen-bond acceptors (Lipinski definition) is 3. The number of hydrogen-bond donors (Lipinski definition) is 1. The minimum atomic E-state index is -4.47. The molecule has 0 fully saturated rings. The number of aryl methyl sites for hydroxylation is 2. The van der Waals surface area contributed by atoms with Gasteiger partial charge in [-0.15, -0.1) is 0 Å². The molecule has 1 atom stereocenters. The Kier molecular flexibility index (Phi) is 5.01. The maximum Gasteiger partial charge on any atom is 0.417 e. The number of nitrogens with one attached hydrogen (secondary N) is 1. The number of fused-ring (bicyclic) bond motifs is 1. The zero-order chi connectivity index (χ0) is 21.5. The summed E-state index contributed by atoms with van der Waals surface area (Å²) in [5, 5.41) is 6.97. The van der Waals surface area contributed by atoms with Gasteiger partial charge < -0.3 is 10.1 Å². The SMILES string of the molecule is Cc1cc(C(=O)NC[C@H]2Cc3cccc(-c4ccccc4C(F)(F)F)c3O2)n(C)n1. The number of aromatic nitrogens is 2. The predicted octanol–water partition coefficient (Wildman–Crippen LogP) is 4.15. The van der Waals surface area contributed by atoms with Crippen LogP contribution in [0, 0.1) is 6.92 Å². The molecule has 3 aromatic rings. The van der Waals surface area contributed by atoms with E-state index in [-0.39, 0.29) is 24.1 Å². The lowest BCUT2D eigenvalue weighted by Crippen LogP contribution is -2.35. The third-order valence-corrected chi connectivity index (χ3v) is 5.08. The van der Waals surface area contributed by atoms with Crippen LogP contribution in [0.3, 0.4) is 0 Å². The van der Waals surface area contributed by atoms with Gasteiger partial charge >= 0.3 is 6.18 Å². The van der Waals surface area contributed by atoms with Crippen molar-refractivity contribution in [3.8, 4) is 16.9 Å². The molecule has 8 heteroatoms. The Labute approximate surface area is 171 Å². The maximum absolute atomic E-state index is 13.5. The van der Waals surface area contributed by atoms with E-state index in [0.717, 1.165) is 17.3 Å². The highest BCUT2D eigenvalue weighted by atomic mass is 19.4. The first kappa shape index (κ1) is 20.0. The summed E-state index contributed by atoms with van der Waals surface area (Å²) in [5.74, 6) is 0.158. The largest absolute Gasteiger partial charge is 0.487 e. The third-order valence-electron chi connectivity index (χ3n) is 5.08. The van der Waals surface area contributed by atoms with Crippen molar-refractivity contribution in [1.29, 1.82) is 0 Å². The Morgan fingerprint density at radius 3 is 2.63 bits per heavy atom. The molecule has 0 bridgehead atoms. The highest BCUT2D eigenvalue weighted by Crippen LogP contribution is 2.43. The van der Waals surface area contributed by atoms with Crippen LogP contribution in [-0.4, -0.2) is 28.3 Å². The first-order valence-corrected chi connectivity index (χ1v) is 9.48. The van der Waals surface area contributed by atoms with Gasteiger partial charge in [0, 0.05) is 19.0 Å². The van der Waals surface area contributed by atoms with Crippen molar-refractivity contribution in [3.63, 3.8) is 0 Å². The molecule has 156 valence electrons. The maximum atomic E-state index is 13.5. The van der Waals surface area contributed by atoms with Gasteiger partial charge in [-0.05, 0) is 30.2 Å². The third kappa shape index (κ3) is 3.77. The number of carbonyl (C=O) groups excluding carboxylic acids is 1. The number of halogens is 3. The molecule has 0 spiro atoms. The van der Waals surface area contributed by atoms with Gasteiger partial charge in [-0.25, -0.2) is 0 Å². The minimum absolute atomic E-state index is 0.0805. The van der Waals surface area contributed by atoms with E-state index in [4.69, 9.17) is 4.74 Å². The monoisotopic (exact) mass is 415 g/mol. The highest BCUT2D eigenvalue weighted by molar-refractivity contribution is 5.92. The molecule has 0 radical (unpaired) electrons. The second kappa shape index (κ2) is 7.51. The van der Waals surface area contributed by atoms with Crippen molar-refractivity contribution >= 4 is 5.91 Å². The first-order chi connectivity index (χ1) is 14.2. The number of carbonyl (C=O) groups is 1. The van der Waals surface area contributed by atoms with E-state index in [1.807, 2.05) is 6.07 Å². The number of ether oxygens (including phenoxy) is 1. The molecular formula is C22H20F3N3O2. The van der Waals surface area contributed by atoms with Gasteiger partial charge in [-0.2, -0.15) is 18.3 Å². The number of rotatable bonds is 4. The molecule has 0 unspecified atom stereocenters. The fraction of sp³-hybridized carbons (Fsp3) is 0.273. The molecule has 2 heterocycles. The van der Waals surface area contributed by atoms with E-state index in [1.54, 1.807) is 38.2 Å². The fourth-order valence-corrected chi connectivity index (χ4v) is 3.75. The number of benzene rings is 2. The van der Waals surface area contributed by atoms with Gasteiger partial charge in [0.05, 0.1) is 17.8 Å². The lowest BCUT2D eigenvalue weighted by atomic mass is 9.96. The smallest absolute Gasteiger partial charge is 0.417 e. The molecule has 0 aliphatic carbocycles. The summed E-state index contributed by atoms with van der Waals surface area (Å²) >= 11 is 0. The van der Waals surface area contributed by atoms with E-state index in [2.05, 4.69) is 10.4 Å². The molecular weight excluding hydrogens is 395 g/mol. The van der Waals surface area contributed by atoms with Gasteiger partial charge in [0.1, 0.15) is 17.5 Å². The Morgan fingerprint density at radius 2 is 1.93 bits per heavy atom. The number of amides is 1. The predicted molar refractivity (Wildman–Crippen MR) is 105 cm³/mol. The van der Waals surface area contributed by atoms with Crippen LogP contribution in [0.1, 0.15) is 27.3 Å². The molecule has 1 aliphatic heterocycles. The molecule has 30 heavy (non-hydrogen) atoms. The summed E-state index contributed by atoms with van der Waals surface area (Å²) in [6.45, 7) is 2.03. The van der Waals surface area contributed by atoms with Crippen LogP contribution in [0.4, 0.5) is 13.2 Å². The van der Waals surface area contributed by atoms with Crippen molar-refractivity contribution in [1.82, 2.24) is 15.1 Å². The van der Waals surface area contributed by atoms with E-state index < -0.39 is 11.7 Å². The topological polar surface area (TPSA) is 56.1 Å². The van der Waals surface area contributed by atoms with Gasteiger partial charge in [-0.3, -0.25) is 9.48 Å². The van der Waals surface area contributed by atoms with Crippen LogP contribution in [0.15, 0.2) is 48.5 Å². The van der Waals surface area contributed by atoms with E-state index >= 15 is 0 Å². The Balaban J connectivity index is 1.54. The molecule has 4 rings (SSSR count). The van der Waals surface area contributed by atoms with Crippen molar-refractivity contribution in [3.05, 3.63) is 71.0 Å². The summed E-state index contributed by atoms with van der Waals surface area (Å²) < 4.78 is 47.9. The van der Waals surface area contributed by atoms with E-state index in [0.29, 0.717) is 23.4 Å². The van der Waals surface area contributed by atoms with E-state index in [1.165, 1.54) is 16.8 Å². The second-order valence-corrected chi connectivity index (χ2v) is 7.29. The normalized spacial score (nSPS) is 15.6. The molecule has 1 aliphatic rings. The Hall–Kier alpha value is -3.29. The summed E-state index contributed by atoms with van der Waals surface area (Å²) in [6, 6.07) is 12.3. The van der Waals surface area contributed by atoms with Gasteiger partial charge in [0.2, 0.25) is 0 Å². The summed E-state index contributed by atoms with van der Waals surface area (Å²) in [4.78, 5) is 12.4. The van der Waals surface area contributed by atoms with Crippen LogP contribution in [0.2, 0.25) is 0 Å². The van der Waals surface area contributed by atoms with Gasteiger partial charge in [-0.1, -0.05) is 36.4 Å². The van der Waals surface area contributed by atoms with Gasteiger partial charge in [0.15, 0.2) is 0 Å². The minimum Gasteiger partial charge on any atom is -0.487 e. The van der Waals surface area contributed by atoms with Gasteiger partial charge in [0.25, 0.3) is 5.91 Å². The summed E-state index contributed by atoms with van der Waals surface area (Å²) in [7, 11) is 1.69. The molecule has 1 amide bonds. The average Bonchev–Trinajstić information content (AvgIpc) is 3.27. The van der Waals surface area contributed by atoms with Crippen LogP contribution >= 0.6 is 0 Å². The molecule has 2 aromatic carbocycles. The van der Waals surface area contributed by atoms with Crippen molar-refractivity contribution in [2.24, 2.45) is 7.05 Å². The molecule has 0 saturated heterocycles. The van der Waals surface area contributed by atoms with Crippen LogP contribution < -0.4 is 10.1 Å². The summed E-state index contributed by atoms with van der Waals surface area (Å²) in [6.07, 6.45) is -4.33. The Morgan fingerprint density at radius 1 is 1.20 bits per heavy atom. The number of nitrogens with zero attached hydrogens (tertiary/aromatic N) is 2. The van der Waals surface area contributed by atoms with Crippen LogP contribution in [-0.2, 0) is 19.6 Å². The quantitative estimate of drug-likeness (QED) is 0.697. The van der Waals surface area contributed by atoms with Crippen molar-refractivity contribution in [2.75, 3.05) is 6.54 Å². The molecule has 5 nitrogen and oxygen atoms in total. The number of alkyl halides is 3. The molecule has 1 N–H and O–H groups in total. The zero-order valence-electron chi connectivity index (χ0n) is 16.5. The lowest BCUT2D eigenvalue weighted by molar-refractivity contribution is -0.137. The van der Waals surface area contributed by atoms with E-state index in [9.17, 15) is 18.0 Å². The average molecular weight is 415 g/mol. The Bertz CT molecular complexity index is 1110. The summed E-state index contributed by atoms with van der Waals surface area (Å²) in [5.41, 5.74) is 1.77. The van der Waals surface area contributed by atoms with Crippen molar-refractivity contribution < 1.29 is 22.7 Å². The fourth-order valence-electron chi connectivity index (χ4n) is 3.75. The standard InChI is InChI=1S/C22H20F3N3O2/c1-13-10-19(28(2)27-13)21(29)26-12-15-11-14-6-5-8-17(20(14)30-15)16-7-3-4-9-18(16)22(23,24)25/h3-10,15H,11-12H2,1-2H3,(H,26,29)/t15-/m1/s1. The van der Waals surface area contributed by atoms with Crippen LogP contribution in [0.5, 0.6) is 5.75 Å². The highest BCUT2D eigenvalue weighted by Gasteiger charge is 2.35. The molecule has 0 saturated carbocycles. The number of para-hydroxylation sites is 1. The first-order valence-electron chi connectivity index (χ1n) is 9.48. The zero-order valence-corrected chi connectivity index (χ0v) is 16.5.